The van der Waals surface area contributed by atoms with Crippen LogP contribution in [-0.4, -0.2) is 8.42 Å². The molecule has 0 unspecified atom stereocenters. The van der Waals surface area contributed by atoms with Crippen LogP contribution < -0.4 is 10.0 Å². The van der Waals surface area contributed by atoms with E-state index in [4.69, 9.17) is 0 Å². The average Bonchev–Trinajstić information content (AvgIpc) is 3.03. The van der Waals surface area contributed by atoms with Crippen molar-refractivity contribution in [1.82, 2.24) is 0 Å². The number of anilines is 3. The summed E-state index contributed by atoms with van der Waals surface area (Å²) in [7, 11) is -4.03. The van der Waals surface area contributed by atoms with Gasteiger partial charge in [-0.25, -0.2) is 21.6 Å². The number of aryl methyl sites for hydroxylation is 1. The van der Waals surface area contributed by atoms with Gasteiger partial charge in [-0.05, 0) is 71.3 Å². The number of hydrogen-bond acceptors (Lipinski definition) is 4. The smallest absolute Gasteiger partial charge is 0.263 e. The Balaban J connectivity index is 2.04. The van der Waals surface area contributed by atoms with Crippen molar-refractivity contribution >= 4 is 61.0 Å². The normalized spacial score (nSPS) is 11.4. The summed E-state index contributed by atoms with van der Waals surface area (Å²) in [5.74, 6) is -3.21. The van der Waals surface area contributed by atoms with Gasteiger partial charge in [-0.15, -0.1) is 11.3 Å². The number of thiophene rings is 1. The third-order valence-electron chi connectivity index (χ3n) is 3.63. The van der Waals surface area contributed by atoms with E-state index in [0.29, 0.717) is 8.45 Å². The van der Waals surface area contributed by atoms with E-state index in [0.717, 1.165) is 12.1 Å². The van der Waals surface area contributed by atoms with E-state index < -0.39 is 33.2 Å². The average molecular weight is 524 g/mol. The van der Waals surface area contributed by atoms with Gasteiger partial charge in [-0.2, -0.15) is 0 Å². The predicted molar refractivity (Wildman–Crippen MR) is 109 cm³/mol. The van der Waals surface area contributed by atoms with Crippen LogP contribution >= 0.6 is 33.9 Å². The third kappa shape index (κ3) is 4.22. The van der Waals surface area contributed by atoms with Crippen molar-refractivity contribution in [2.75, 3.05) is 10.0 Å². The van der Waals surface area contributed by atoms with Crippen LogP contribution in [0.5, 0.6) is 0 Å². The maximum atomic E-state index is 14.4. The number of rotatable bonds is 5. The Hall–Kier alpha value is -1.79. The molecule has 0 aliphatic heterocycles. The Morgan fingerprint density at radius 3 is 2.33 bits per heavy atom. The highest BCUT2D eigenvalue weighted by molar-refractivity contribution is 14.1. The summed E-state index contributed by atoms with van der Waals surface area (Å²) in [6.45, 7) is 1.63. The lowest BCUT2D eigenvalue weighted by Crippen LogP contribution is -2.15. The van der Waals surface area contributed by atoms with Gasteiger partial charge in [0.2, 0.25) is 0 Å². The maximum absolute atomic E-state index is 14.4. The van der Waals surface area contributed by atoms with Crippen molar-refractivity contribution in [2.24, 2.45) is 0 Å². The molecular weight excluding hydrogens is 512 g/mol. The Morgan fingerprint density at radius 1 is 1.00 bits per heavy atom. The minimum absolute atomic E-state index is 0.0311. The number of sulfonamides is 1. The lowest BCUT2D eigenvalue weighted by Gasteiger charge is -2.16. The molecule has 0 saturated carbocycles. The van der Waals surface area contributed by atoms with Gasteiger partial charge in [0, 0.05) is 8.45 Å². The summed E-state index contributed by atoms with van der Waals surface area (Å²) in [6, 6.07) is 7.41. The first-order valence-corrected chi connectivity index (χ1v) is 10.9. The molecule has 0 radical (unpaired) electrons. The highest BCUT2D eigenvalue weighted by Crippen LogP contribution is 2.34. The predicted octanol–water partition coefficient (Wildman–Crippen LogP) is 5.62. The van der Waals surface area contributed by atoms with E-state index in [-0.39, 0.29) is 16.3 Å². The molecule has 2 aromatic carbocycles. The number of nitrogens with one attached hydrogen (secondary N) is 2. The zero-order valence-corrected chi connectivity index (χ0v) is 17.5. The molecule has 1 aromatic heterocycles. The first kappa shape index (κ1) is 20.0. The molecule has 3 rings (SSSR count). The molecule has 10 heteroatoms. The van der Waals surface area contributed by atoms with Crippen molar-refractivity contribution in [3.8, 4) is 0 Å². The molecule has 0 aliphatic carbocycles. The fourth-order valence-electron chi connectivity index (χ4n) is 2.34. The molecule has 4 nitrogen and oxygen atoms in total. The Morgan fingerprint density at radius 2 is 1.70 bits per heavy atom. The van der Waals surface area contributed by atoms with E-state index in [9.17, 15) is 21.6 Å². The van der Waals surface area contributed by atoms with Crippen molar-refractivity contribution < 1.29 is 21.6 Å². The van der Waals surface area contributed by atoms with Gasteiger partial charge in [0.25, 0.3) is 10.0 Å². The summed E-state index contributed by atoms with van der Waals surface area (Å²) in [4.78, 5) is 0.576. The second-order valence-corrected chi connectivity index (χ2v) is 9.50. The van der Waals surface area contributed by atoms with Gasteiger partial charge >= 0.3 is 0 Å². The van der Waals surface area contributed by atoms with E-state index >= 15 is 0 Å². The van der Waals surface area contributed by atoms with Gasteiger partial charge in [-0.3, -0.25) is 4.72 Å². The van der Waals surface area contributed by atoms with Crippen molar-refractivity contribution in [3.63, 3.8) is 0 Å². The molecule has 0 spiro atoms. The zero-order chi connectivity index (χ0) is 19.8. The fourth-order valence-corrected chi connectivity index (χ4v) is 5.14. The first-order chi connectivity index (χ1) is 12.7. The second-order valence-electron chi connectivity index (χ2n) is 5.48. The third-order valence-corrected chi connectivity index (χ3v) is 6.79. The Bertz CT molecular complexity index is 1120. The molecule has 0 atom stereocenters. The SMILES string of the molecule is Cc1sccc1S(=O)(=O)Nc1ccc(F)c(F)c1Nc1ccc(I)cc1F. The van der Waals surface area contributed by atoms with Crippen LogP contribution in [0, 0.1) is 27.9 Å². The van der Waals surface area contributed by atoms with Gasteiger partial charge < -0.3 is 5.32 Å². The molecular formula is C17H12F3IN2O2S2. The minimum atomic E-state index is -4.03. The van der Waals surface area contributed by atoms with Crippen LogP contribution in [-0.2, 0) is 10.0 Å². The highest BCUT2D eigenvalue weighted by atomic mass is 127. The second kappa shape index (κ2) is 7.68. The van der Waals surface area contributed by atoms with Crippen molar-refractivity contribution in [1.29, 1.82) is 0 Å². The summed E-state index contributed by atoms with van der Waals surface area (Å²) in [6.07, 6.45) is 0. The van der Waals surface area contributed by atoms with E-state index in [1.54, 1.807) is 18.4 Å². The molecule has 0 fully saturated rings. The summed E-state index contributed by atoms with van der Waals surface area (Å²) in [5, 5.41) is 4.05. The minimum Gasteiger partial charge on any atom is -0.349 e. The van der Waals surface area contributed by atoms with Crippen molar-refractivity contribution in [3.05, 3.63) is 67.7 Å². The molecule has 1 heterocycles. The van der Waals surface area contributed by atoms with E-state index in [1.807, 2.05) is 22.6 Å². The highest BCUT2D eigenvalue weighted by Gasteiger charge is 2.22. The maximum Gasteiger partial charge on any atom is 0.263 e. The molecule has 0 aliphatic rings. The number of benzene rings is 2. The molecule has 142 valence electrons. The molecule has 2 N–H and O–H groups in total. The van der Waals surface area contributed by atoms with Crippen LogP contribution in [0.1, 0.15) is 4.88 Å². The summed E-state index contributed by atoms with van der Waals surface area (Å²) >= 11 is 3.14. The molecule has 0 amide bonds. The molecule has 0 bridgehead atoms. The summed E-state index contributed by atoms with van der Waals surface area (Å²) in [5.41, 5.74) is -0.865. The van der Waals surface area contributed by atoms with Crippen LogP contribution in [0.25, 0.3) is 0 Å². The molecule has 3 aromatic rings. The van der Waals surface area contributed by atoms with Gasteiger partial charge in [0.1, 0.15) is 16.4 Å². The van der Waals surface area contributed by atoms with Crippen LogP contribution in [0.3, 0.4) is 0 Å². The van der Waals surface area contributed by atoms with E-state index in [2.05, 4.69) is 10.0 Å². The van der Waals surface area contributed by atoms with Gasteiger partial charge in [0.05, 0.1) is 11.4 Å². The lowest BCUT2D eigenvalue weighted by molar-refractivity contribution is 0.512. The van der Waals surface area contributed by atoms with Crippen LogP contribution in [0.4, 0.5) is 30.2 Å². The number of hydrogen-bond donors (Lipinski definition) is 2. The molecule has 0 saturated heterocycles. The topological polar surface area (TPSA) is 58.2 Å². The summed E-state index contributed by atoms with van der Waals surface area (Å²) < 4.78 is 70.2. The van der Waals surface area contributed by atoms with Crippen LogP contribution in [0.2, 0.25) is 0 Å². The van der Waals surface area contributed by atoms with Gasteiger partial charge in [-0.1, -0.05) is 0 Å². The monoisotopic (exact) mass is 524 g/mol. The zero-order valence-electron chi connectivity index (χ0n) is 13.7. The Kier molecular flexibility index (Phi) is 5.68. The quantitative estimate of drug-likeness (QED) is 0.426. The molecule has 27 heavy (non-hydrogen) atoms. The number of halogens is 4. The Labute approximate surface area is 171 Å². The lowest BCUT2D eigenvalue weighted by atomic mass is 10.2. The van der Waals surface area contributed by atoms with Crippen molar-refractivity contribution in [2.45, 2.75) is 11.8 Å². The first-order valence-electron chi connectivity index (χ1n) is 7.46. The fraction of sp³-hybridized carbons (Fsp3) is 0.0588. The largest absolute Gasteiger partial charge is 0.349 e. The van der Waals surface area contributed by atoms with Crippen LogP contribution in [0.15, 0.2) is 46.7 Å². The van der Waals surface area contributed by atoms with Gasteiger partial charge in [0.15, 0.2) is 11.6 Å². The standard InChI is InChI=1S/C17H12F3IN2O2S2/c1-9-15(6-7-26-9)27(24,25)23-14-5-3-11(18)16(20)17(14)22-13-4-2-10(21)8-12(13)19/h2-8,22-23H,1H3. The van der Waals surface area contributed by atoms with E-state index in [1.165, 1.54) is 29.5 Å².